The third kappa shape index (κ3) is 3.39. The minimum Gasteiger partial charge on any atom is -0.376 e. The fraction of sp³-hybridized carbons (Fsp3) is 0.500. The molecule has 0 unspecified atom stereocenters. The fourth-order valence-corrected chi connectivity index (χ4v) is 3.77. The summed E-state index contributed by atoms with van der Waals surface area (Å²) in [5, 5.41) is 3.99. The number of aryl methyl sites for hydroxylation is 1. The lowest BCUT2D eigenvalue weighted by molar-refractivity contribution is -0.0855. The van der Waals surface area contributed by atoms with Gasteiger partial charge in [0.15, 0.2) is 0 Å². The highest BCUT2D eigenvalue weighted by atomic mass is 16.6. The van der Waals surface area contributed by atoms with Crippen molar-refractivity contribution in [3.63, 3.8) is 0 Å². The lowest BCUT2D eigenvalue weighted by Crippen LogP contribution is -2.40. The van der Waals surface area contributed by atoms with Crippen LogP contribution in [0.2, 0.25) is 0 Å². The monoisotopic (exact) mass is 340 g/mol. The van der Waals surface area contributed by atoms with Crippen molar-refractivity contribution < 1.29 is 14.3 Å². The first kappa shape index (κ1) is 16.5. The number of hydrogen-bond donors (Lipinski definition) is 1. The molecule has 0 saturated carbocycles. The maximum atomic E-state index is 13.0. The fourth-order valence-electron chi connectivity index (χ4n) is 3.77. The van der Waals surface area contributed by atoms with Gasteiger partial charge in [0, 0.05) is 17.6 Å². The molecule has 132 valence electrons. The third-order valence-electron chi connectivity index (χ3n) is 5.11. The maximum absolute atomic E-state index is 13.0. The molecule has 5 heteroatoms. The largest absolute Gasteiger partial charge is 0.376 e. The molecule has 1 aromatic heterocycles. The van der Waals surface area contributed by atoms with Gasteiger partial charge in [0.25, 0.3) is 5.91 Å². The van der Waals surface area contributed by atoms with E-state index < -0.39 is 0 Å². The zero-order valence-corrected chi connectivity index (χ0v) is 14.6. The van der Waals surface area contributed by atoms with Gasteiger partial charge in [0.2, 0.25) is 0 Å². The molecule has 4 rings (SSSR count). The number of nitrogens with zero attached hydrogens (tertiary/aromatic N) is 1. The van der Waals surface area contributed by atoms with Crippen molar-refractivity contribution in [3.05, 3.63) is 41.1 Å². The van der Waals surface area contributed by atoms with Crippen molar-refractivity contribution in [2.45, 2.75) is 32.3 Å². The van der Waals surface area contributed by atoms with Crippen molar-refractivity contribution in [1.29, 1.82) is 0 Å². The van der Waals surface area contributed by atoms with Crippen molar-refractivity contribution >= 4 is 16.8 Å². The Morgan fingerprint density at radius 1 is 1.32 bits per heavy atom. The van der Waals surface area contributed by atoms with Gasteiger partial charge in [-0.2, -0.15) is 0 Å². The molecule has 0 bridgehead atoms. The van der Waals surface area contributed by atoms with Gasteiger partial charge < -0.3 is 14.8 Å². The van der Waals surface area contributed by atoms with Crippen molar-refractivity contribution in [2.24, 2.45) is 5.92 Å². The Morgan fingerprint density at radius 3 is 3.04 bits per heavy atom. The molecule has 1 N–H and O–H groups in total. The van der Waals surface area contributed by atoms with Gasteiger partial charge in [-0.25, -0.2) is 0 Å². The van der Waals surface area contributed by atoms with Crippen LogP contribution in [-0.4, -0.2) is 43.4 Å². The van der Waals surface area contributed by atoms with Crippen LogP contribution in [-0.2, 0) is 22.3 Å². The number of aromatic nitrogens is 1. The van der Waals surface area contributed by atoms with Crippen LogP contribution in [0.3, 0.4) is 0 Å². The molecule has 5 nitrogen and oxygen atoms in total. The van der Waals surface area contributed by atoms with Gasteiger partial charge in [0.1, 0.15) is 0 Å². The lowest BCUT2D eigenvalue weighted by Gasteiger charge is -2.26. The molecule has 1 fully saturated rings. The number of nitrogens with one attached hydrogen (secondary N) is 1. The first-order valence-corrected chi connectivity index (χ1v) is 9.10. The number of para-hydroxylation sites is 1. The van der Waals surface area contributed by atoms with Crippen LogP contribution >= 0.6 is 0 Å². The van der Waals surface area contributed by atoms with Gasteiger partial charge in [-0.05, 0) is 36.8 Å². The number of benzene rings is 1. The molecule has 1 saturated heterocycles. The normalized spacial score (nSPS) is 23.2. The summed E-state index contributed by atoms with van der Waals surface area (Å²) < 4.78 is 11.0. The van der Waals surface area contributed by atoms with Crippen LogP contribution in [0.4, 0.5) is 0 Å². The van der Waals surface area contributed by atoms with E-state index in [1.165, 1.54) is 0 Å². The van der Waals surface area contributed by atoms with Crippen molar-refractivity contribution in [2.75, 3.05) is 26.4 Å². The van der Waals surface area contributed by atoms with E-state index in [-0.39, 0.29) is 12.0 Å². The Balaban J connectivity index is 1.66. The van der Waals surface area contributed by atoms with E-state index in [0.29, 0.717) is 32.3 Å². The average molecular weight is 340 g/mol. The zero-order valence-electron chi connectivity index (χ0n) is 14.6. The minimum absolute atomic E-state index is 0.0295. The van der Waals surface area contributed by atoms with Crippen molar-refractivity contribution in [1.82, 2.24) is 10.3 Å². The van der Waals surface area contributed by atoms with E-state index in [0.717, 1.165) is 47.0 Å². The summed E-state index contributed by atoms with van der Waals surface area (Å²) in [5.41, 5.74) is 3.90. The Morgan fingerprint density at radius 2 is 2.20 bits per heavy atom. The first-order valence-electron chi connectivity index (χ1n) is 9.10. The summed E-state index contributed by atoms with van der Waals surface area (Å²) in [4.78, 5) is 17.9. The van der Waals surface area contributed by atoms with Crippen LogP contribution in [0.25, 0.3) is 10.9 Å². The van der Waals surface area contributed by atoms with Crippen LogP contribution in [0.5, 0.6) is 0 Å². The average Bonchev–Trinajstić information content (AvgIpc) is 2.65. The maximum Gasteiger partial charge on any atom is 0.252 e. The Labute approximate surface area is 147 Å². The van der Waals surface area contributed by atoms with E-state index in [1.807, 2.05) is 24.3 Å². The van der Waals surface area contributed by atoms with E-state index in [9.17, 15) is 4.79 Å². The molecule has 25 heavy (non-hydrogen) atoms. The van der Waals surface area contributed by atoms with Crippen LogP contribution in [0, 0.1) is 5.92 Å². The van der Waals surface area contributed by atoms with Gasteiger partial charge >= 0.3 is 0 Å². The van der Waals surface area contributed by atoms with E-state index in [4.69, 9.17) is 14.5 Å². The topological polar surface area (TPSA) is 60.5 Å². The number of ether oxygens (including phenoxy) is 2. The SMILES string of the molecule is C[C@@H]1CCc2nc3ccccc3c(C(=O)NC[C@@H]3COCCO3)c2C1. The highest BCUT2D eigenvalue weighted by molar-refractivity contribution is 6.07. The van der Waals surface area contributed by atoms with Gasteiger partial charge in [0.05, 0.1) is 37.0 Å². The summed E-state index contributed by atoms with van der Waals surface area (Å²) >= 11 is 0. The van der Waals surface area contributed by atoms with Gasteiger partial charge in [-0.1, -0.05) is 25.1 Å². The molecule has 2 aliphatic rings. The predicted octanol–water partition coefficient (Wildman–Crippen LogP) is 2.50. The second-order valence-corrected chi connectivity index (χ2v) is 7.05. The second kappa shape index (κ2) is 7.10. The van der Waals surface area contributed by atoms with Crippen LogP contribution in [0.15, 0.2) is 24.3 Å². The third-order valence-corrected chi connectivity index (χ3v) is 5.11. The molecule has 1 aromatic carbocycles. The summed E-state index contributed by atoms with van der Waals surface area (Å²) in [6.45, 7) is 4.47. The number of amides is 1. The molecular formula is C20H24N2O3. The lowest BCUT2D eigenvalue weighted by atomic mass is 9.84. The Hall–Kier alpha value is -1.98. The summed E-state index contributed by atoms with van der Waals surface area (Å²) in [6.07, 6.45) is 2.92. The quantitative estimate of drug-likeness (QED) is 0.933. The molecule has 1 aliphatic carbocycles. The first-order chi connectivity index (χ1) is 12.2. The highest BCUT2D eigenvalue weighted by Gasteiger charge is 2.25. The predicted molar refractivity (Wildman–Crippen MR) is 95.8 cm³/mol. The van der Waals surface area contributed by atoms with E-state index in [1.54, 1.807) is 0 Å². The molecule has 0 spiro atoms. The highest BCUT2D eigenvalue weighted by Crippen LogP contribution is 2.31. The van der Waals surface area contributed by atoms with Crippen LogP contribution in [0.1, 0.15) is 35.0 Å². The standard InChI is InChI=1S/C20H24N2O3/c1-13-6-7-18-16(10-13)19(15-4-2-3-5-17(15)22-18)20(23)21-11-14-12-24-8-9-25-14/h2-5,13-14H,6-12H2,1H3,(H,21,23)/t13-,14-/m1/s1. The zero-order chi connectivity index (χ0) is 17.2. The molecule has 1 aliphatic heterocycles. The smallest absolute Gasteiger partial charge is 0.252 e. The number of carbonyl (C=O) groups excluding carboxylic acids is 1. The molecular weight excluding hydrogens is 316 g/mol. The number of carbonyl (C=O) groups is 1. The number of fused-ring (bicyclic) bond motifs is 2. The Kier molecular flexibility index (Phi) is 4.68. The number of pyridine rings is 1. The molecule has 2 heterocycles. The summed E-state index contributed by atoms with van der Waals surface area (Å²) in [6, 6.07) is 7.93. The van der Waals surface area contributed by atoms with Gasteiger partial charge in [-0.3, -0.25) is 9.78 Å². The van der Waals surface area contributed by atoms with Crippen LogP contribution < -0.4 is 5.32 Å². The Bertz CT molecular complexity index is 784. The molecule has 0 radical (unpaired) electrons. The second-order valence-electron chi connectivity index (χ2n) is 7.05. The number of hydrogen-bond acceptors (Lipinski definition) is 4. The molecule has 1 amide bonds. The van der Waals surface area contributed by atoms with Gasteiger partial charge in [-0.15, -0.1) is 0 Å². The summed E-state index contributed by atoms with van der Waals surface area (Å²) in [5.74, 6) is 0.551. The summed E-state index contributed by atoms with van der Waals surface area (Å²) in [7, 11) is 0. The van der Waals surface area contributed by atoms with E-state index >= 15 is 0 Å². The minimum atomic E-state index is -0.0689. The van der Waals surface area contributed by atoms with E-state index in [2.05, 4.69) is 12.2 Å². The molecule has 2 atom stereocenters. The molecule has 2 aromatic rings. The number of rotatable bonds is 3. The van der Waals surface area contributed by atoms with Crippen molar-refractivity contribution in [3.8, 4) is 0 Å².